The van der Waals surface area contributed by atoms with Gasteiger partial charge in [0.15, 0.2) is 0 Å². The van der Waals surface area contributed by atoms with Crippen molar-refractivity contribution in [2.24, 2.45) is 5.92 Å². The molecular weight excluding hydrogens is 373 g/mol. The van der Waals surface area contributed by atoms with Gasteiger partial charge in [-0.25, -0.2) is 9.37 Å². The number of halogens is 1. The zero-order valence-corrected chi connectivity index (χ0v) is 17.3. The number of hydrogen-bond acceptors (Lipinski definition) is 5. The Hall–Kier alpha value is -2.51. The zero-order valence-electron chi connectivity index (χ0n) is 17.3. The second-order valence-electron chi connectivity index (χ2n) is 7.94. The van der Waals surface area contributed by atoms with Gasteiger partial charge in [0.25, 0.3) is 5.91 Å². The van der Waals surface area contributed by atoms with Gasteiger partial charge in [-0.15, -0.1) is 0 Å². The first-order valence-electron chi connectivity index (χ1n) is 9.80. The number of amides is 1. The van der Waals surface area contributed by atoms with Crippen LogP contribution in [0.3, 0.4) is 0 Å². The van der Waals surface area contributed by atoms with Gasteiger partial charge >= 0.3 is 0 Å². The number of rotatable bonds is 5. The first-order valence-corrected chi connectivity index (χ1v) is 9.80. The second-order valence-corrected chi connectivity index (χ2v) is 7.94. The SMILES string of the molecule is C[C@@H]1CN([C@H](C)CO)C(=O)c2cc(-c3ccccc3F)cnc2O[C@@H]1CN(C)C. The molecule has 0 aliphatic carbocycles. The van der Waals surface area contributed by atoms with E-state index in [0.29, 0.717) is 24.2 Å². The average molecular weight is 401 g/mol. The number of benzene rings is 1. The van der Waals surface area contributed by atoms with E-state index in [2.05, 4.69) is 4.98 Å². The highest BCUT2D eigenvalue weighted by molar-refractivity contribution is 5.98. The van der Waals surface area contributed by atoms with E-state index >= 15 is 0 Å². The molecule has 3 atom stereocenters. The molecular formula is C22H28FN3O3. The van der Waals surface area contributed by atoms with Crippen LogP contribution in [0.5, 0.6) is 5.88 Å². The summed E-state index contributed by atoms with van der Waals surface area (Å²) < 4.78 is 20.4. The van der Waals surface area contributed by atoms with Gasteiger partial charge in [0.1, 0.15) is 17.5 Å². The lowest BCUT2D eigenvalue weighted by Crippen LogP contribution is -2.49. The summed E-state index contributed by atoms with van der Waals surface area (Å²) in [6, 6.07) is 7.65. The van der Waals surface area contributed by atoms with E-state index in [4.69, 9.17) is 4.74 Å². The van der Waals surface area contributed by atoms with Gasteiger partial charge in [-0.05, 0) is 33.2 Å². The van der Waals surface area contributed by atoms with Gasteiger partial charge < -0.3 is 19.6 Å². The maximum Gasteiger partial charge on any atom is 0.259 e. The predicted octanol–water partition coefficient (Wildman–Crippen LogP) is 2.67. The van der Waals surface area contributed by atoms with Crippen molar-refractivity contribution in [2.45, 2.75) is 26.0 Å². The molecule has 0 unspecified atom stereocenters. The molecule has 1 aliphatic heterocycles. The number of pyridine rings is 1. The van der Waals surface area contributed by atoms with Crippen molar-refractivity contribution in [3.8, 4) is 17.0 Å². The Balaban J connectivity index is 2.09. The average Bonchev–Trinajstić information content (AvgIpc) is 2.70. The van der Waals surface area contributed by atoms with Crippen LogP contribution in [0.15, 0.2) is 36.5 Å². The molecule has 0 spiro atoms. The van der Waals surface area contributed by atoms with Gasteiger partial charge in [-0.1, -0.05) is 25.1 Å². The van der Waals surface area contributed by atoms with E-state index in [1.54, 1.807) is 29.2 Å². The van der Waals surface area contributed by atoms with E-state index in [-0.39, 0.29) is 47.8 Å². The van der Waals surface area contributed by atoms with Crippen LogP contribution in [0, 0.1) is 11.7 Å². The van der Waals surface area contributed by atoms with Crippen LogP contribution < -0.4 is 4.74 Å². The van der Waals surface area contributed by atoms with Crippen LogP contribution in [-0.4, -0.2) is 71.7 Å². The standard InChI is InChI=1S/C22H28FN3O3/c1-14-11-26(15(2)13-27)22(28)18-9-16(17-7-5-6-8-19(17)23)10-24-21(18)29-20(14)12-25(3)4/h5-10,14-15,20,27H,11-13H2,1-4H3/t14-,15-,20-/m1/s1. The number of aliphatic hydroxyl groups excluding tert-OH is 1. The van der Waals surface area contributed by atoms with Gasteiger partial charge in [-0.2, -0.15) is 0 Å². The molecule has 0 saturated heterocycles. The molecule has 1 N–H and O–H groups in total. The lowest BCUT2D eigenvalue weighted by molar-refractivity contribution is 0.0348. The highest BCUT2D eigenvalue weighted by Gasteiger charge is 2.34. The van der Waals surface area contributed by atoms with Gasteiger partial charge in [0.05, 0.1) is 12.6 Å². The van der Waals surface area contributed by atoms with Crippen LogP contribution in [-0.2, 0) is 0 Å². The summed E-state index contributed by atoms with van der Waals surface area (Å²) in [4.78, 5) is 21.4. The monoisotopic (exact) mass is 401 g/mol. The molecule has 0 fully saturated rings. The van der Waals surface area contributed by atoms with Crippen LogP contribution >= 0.6 is 0 Å². The molecule has 3 rings (SSSR count). The fourth-order valence-electron chi connectivity index (χ4n) is 3.52. The number of aromatic nitrogens is 1. The number of likely N-dealkylation sites (N-methyl/N-ethyl adjacent to an activating group) is 1. The summed E-state index contributed by atoms with van der Waals surface area (Å²) >= 11 is 0. The minimum atomic E-state index is -0.381. The first-order chi connectivity index (χ1) is 13.8. The second kappa shape index (κ2) is 8.88. The minimum absolute atomic E-state index is 0.0385. The molecule has 156 valence electrons. The molecule has 0 bridgehead atoms. The van der Waals surface area contributed by atoms with Crippen LogP contribution in [0.2, 0.25) is 0 Å². The molecule has 1 amide bonds. The summed E-state index contributed by atoms with van der Waals surface area (Å²) in [5.41, 5.74) is 1.16. The normalized spacial score (nSPS) is 20.7. The van der Waals surface area contributed by atoms with Crippen molar-refractivity contribution in [3.05, 3.63) is 47.9 Å². The third-order valence-corrected chi connectivity index (χ3v) is 5.25. The van der Waals surface area contributed by atoms with E-state index < -0.39 is 0 Å². The number of carbonyl (C=O) groups is 1. The molecule has 2 aromatic rings. The maximum atomic E-state index is 14.3. The Bertz CT molecular complexity index is 874. The number of fused-ring (bicyclic) bond motifs is 1. The van der Waals surface area contributed by atoms with E-state index in [9.17, 15) is 14.3 Å². The number of carbonyl (C=O) groups excluding carboxylic acids is 1. The Morgan fingerprint density at radius 2 is 2.07 bits per heavy atom. The Morgan fingerprint density at radius 3 is 2.72 bits per heavy atom. The molecule has 0 radical (unpaired) electrons. The molecule has 1 aliphatic rings. The summed E-state index contributed by atoms with van der Waals surface area (Å²) in [7, 11) is 3.92. The quantitative estimate of drug-likeness (QED) is 0.835. The zero-order chi connectivity index (χ0) is 21.1. The third kappa shape index (κ3) is 4.57. The van der Waals surface area contributed by atoms with Gasteiger partial charge in [-0.3, -0.25) is 4.79 Å². The largest absolute Gasteiger partial charge is 0.472 e. The fraction of sp³-hybridized carbons (Fsp3) is 0.455. The molecule has 2 heterocycles. The van der Waals surface area contributed by atoms with E-state index in [1.165, 1.54) is 12.3 Å². The van der Waals surface area contributed by atoms with Crippen LogP contribution in [0.1, 0.15) is 24.2 Å². The van der Waals surface area contributed by atoms with Crippen molar-refractivity contribution in [2.75, 3.05) is 33.8 Å². The lowest BCUT2D eigenvalue weighted by Gasteiger charge is -2.37. The van der Waals surface area contributed by atoms with Crippen molar-refractivity contribution in [1.82, 2.24) is 14.8 Å². The number of aliphatic hydroxyl groups is 1. The lowest BCUT2D eigenvalue weighted by atomic mass is 9.99. The van der Waals surface area contributed by atoms with E-state index in [0.717, 1.165) is 0 Å². The predicted molar refractivity (Wildman–Crippen MR) is 109 cm³/mol. The maximum absolute atomic E-state index is 14.3. The molecule has 29 heavy (non-hydrogen) atoms. The fourth-order valence-corrected chi connectivity index (χ4v) is 3.52. The Morgan fingerprint density at radius 1 is 1.34 bits per heavy atom. The van der Waals surface area contributed by atoms with Crippen LogP contribution in [0.25, 0.3) is 11.1 Å². The smallest absolute Gasteiger partial charge is 0.259 e. The first kappa shape index (κ1) is 21.2. The van der Waals surface area contributed by atoms with E-state index in [1.807, 2.05) is 32.8 Å². The summed E-state index contributed by atoms with van der Waals surface area (Å²) in [6.07, 6.45) is 1.35. The highest BCUT2D eigenvalue weighted by Crippen LogP contribution is 2.31. The molecule has 1 aromatic carbocycles. The molecule has 7 heteroatoms. The van der Waals surface area contributed by atoms with Crippen molar-refractivity contribution < 1.29 is 19.0 Å². The molecule has 6 nitrogen and oxygen atoms in total. The van der Waals surface area contributed by atoms with Crippen molar-refractivity contribution in [3.63, 3.8) is 0 Å². The van der Waals surface area contributed by atoms with Crippen molar-refractivity contribution >= 4 is 5.91 Å². The third-order valence-electron chi connectivity index (χ3n) is 5.25. The Labute approximate surface area is 170 Å². The van der Waals surface area contributed by atoms with Crippen LogP contribution in [0.4, 0.5) is 4.39 Å². The number of hydrogen-bond donors (Lipinski definition) is 1. The number of ether oxygens (including phenoxy) is 1. The van der Waals surface area contributed by atoms with Crippen molar-refractivity contribution in [1.29, 1.82) is 0 Å². The topological polar surface area (TPSA) is 65.9 Å². The summed E-state index contributed by atoms with van der Waals surface area (Å²) in [5, 5.41) is 9.68. The highest BCUT2D eigenvalue weighted by atomic mass is 19.1. The Kier molecular flexibility index (Phi) is 6.49. The van der Waals surface area contributed by atoms with Gasteiger partial charge in [0, 0.05) is 36.3 Å². The molecule has 0 saturated carbocycles. The number of nitrogens with zero attached hydrogens (tertiary/aromatic N) is 3. The van der Waals surface area contributed by atoms with Gasteiger partial charge in [0.2, 0.25) is 5.88 Å². The molecule has 1 aromatic heterocycles. The summed E-state index contributed by atoms with van der Waals surface area (Å²) in [5.74, 6) is -0.379. The minimum Gasteiger partial charge on any atom is -0.472 e. The summed E-state index contributed by atoms with van der Waals surface area (Å²) in [6.45, 7) is 4.79.